The molecule has 0 radical (unpaired) electrons. The lowest BCUT2D eigenvalue weighted by Crippen LogP contribution is -2.26. The van der Waals surface area contributed by atoms with E-state index in [4.69, 9.17) is 5.73 Å². The first-order valence-corrected chi connectivity index (χ1v) is 3.66. The van der Waals surface area contributed by atoms with Crippen molar-refractivity contribution in [1.29, 1.82) is 0 Å². The minimum Gasteiger partial charge on any atom is -0.328 e. The van der Waals surface area contributed by atoms with E-state index < -0.39 is 11.2 Å². The summed E-state index contributed by atoms with van der Waals surface area (Å²) in [5.41, 5.74) is 5.18. The van der Waals surface area contributed by atoms with E-state index in [1.165, 1.54) is 6.07 Å². The zero-order chi connectivity index (χ0) is 9.14. The second-order valence-electron chi connectivity index (χ2n) is 2.79. The van der Waals surface area contributed by atoms with Crippen LogP contribution in [0.3, 0.4) is 0 Å². The van der Waals surface area contributed by atoms with Crippen molar-refractivity contribution in [3.8, 4) is 0 Å². The summed E-state index contributed by atoms with van der Waals surface area (Å²) in [5, 5.41) is 0. The van der Waals surface area contributed by atoms with Crippen LogP contribution in [0.15, 0.2) is 15.7 Å². The van der Waals surface area contributed by atoms with Gasteiger partial charge in [0.25, 0.3) is 5.56 Å². The van der Waals surface area contributed by atoms with Crippen molar-refractivity contribution in [2.24, 2.45) is 5.73 Å². The zero-order valence-electron chi connectivity index (χ0n) is 6.76. The molecular weight excluding hydrogens is 158 g/mol. The van der Waals surface area contributed by atoms with Gasteiger partial charge < -0.3 is 10.7 Å². The average molecular weight is 169 g/mol. The Hall–Kier alpha value is -1.36. The van der Waals surface area contributed by atoms with Gasteiger partial charge in [0.05, 0.1) is 0 Å². The predicted molar refractivity (Wildman–Crippen MR) is 45.0 cm³/mol. The molecule has 0 spiro atoms. The van der Waals surface area contributed by atoms with Gasteiger partial charge in [-0.15, -0.1) is 0 Å². The van der Waals surface area contributed by atoms with Crippen LogP contribution in [-0.4, -0.2) is 16.0 Å². The van der Waals surface area contributed by atoms with E-state index in [1.54, 1.807) is 6.92 Å². The first-order valence-electron chi connectivity index (χ1n) is 3.66. The molecule has 0 saturated heterocycles. The van der Waals surface area contributed by atoms with Crippen molar-refractivity contribution in [2.45, 2.75) is 19.4 Å². The maximum atomic E-state index is 10.8. The van der Waals surface area contributed by atoms with Crippen molar-refractivity contribution in [1.82, 2.24) is 9.97 Å². The molecule has 5 nitrogen and oxygen atoms in total. The van der Waals surface area contributed by atoms with Crippen LogP contribution in [0.4, 0.5) is 0 Å². The van der Waals surface area contributed by atoms with E-state index >= 15 is 0 Å². The highest BCUT2D eigenvalue weighted by molar-refractivity contribution is 4.99. The van der Waals surface area contributed by atoms with Gasteiger partial charge in [0.15, 0.2) is 0 Å². The quantitative estimate of drug-likeness (QED) is 0.527. The summed E-state index contributed by atoms with van der Waals surface area (Å²) in [6.07, 6.45) is 0.499. The first-order chi connectivity index (χ1) is 5.58. The molecule has 4 N–H and O–H groups in total. The molecule has 0 saturated carbocycles. The van der Waals surface area contributed by atoms with Gasteiger partial charge in [-0.05, 0) is 6.92 Å². The number of aromatic nitrogens is 2. The van der Waals surface area contributed by atoms with Crippen molar-refractivity contribution in [3.63, 3.8) is 0 Å². The van der Waals surface area contributed by atoms with Gasteiger partial charge >= 0.3 is 5.69 Å². The lowest BCUT2D eigenvalue weighted by molar-refractivity contribution is 0.714. The molecule has 0 aliphatic heterocycles. The molecule has 1 heterocycles. The first kappa shape index (κ1) is 8.73. The molecule has 1 unspecified atom stereocenters. The molecule has 0 aliphatic carbocycles. The van der Waals surface area contributed by atoms with E-state index in [-0.39, 0.29) is 6.04 Å². The Labute approximate surface area is 68.6 Å². The summed E-state index contributed by atoms with van der Waals surface area (Å²) in [6, 6.07) is 1.27. The van der Waals surface area contributed by atoms with Crippen LogP contribution in [0.5, 0.6) is 0 Å². The fraction of sp³-hybridized carbons (Fsp3) is 0.429. The van der Waals surface area contributed by atoms with Crippen LogP contribution >= 0.6 is 0 Å². The van der Waals surface area contributed by atoms with Gasteiger partial charge in [-0.25, -0.2) is 4.79 Å². The van der Waals surface area contributed by atoms with E-state index in [9.17, 15) is 9.59 Å². The van der Waals surface area contributed by atoms with Crippen molar-refractivity contribution in [3.05, 3.63) is 32.6 Å². The summed E-state index contributed by atoms with van der Waals surface area (Å²) in [5.74, 6) is 0. The number of rotatable bonds is 2. The summed E-state index contributed by atoms with van der Waals surface area (Å²) in [4.78, 5) is 26.1. The number of nitrogens with two attached hydrogens (primary N) is 1. The van der Waals surface area contributed by atoms with E-state index in [0.29, 0.717) is 12.1 Å². The Morgan fingerprint density at radius 3 is 2.67 bits per heavy atom. The Morgan fingerprint density at radius 1 is 1.50 bits per heavy atom. The SMILES string of the molecule is CC(N)Cc1cc(=O)[nH]c(=O)[nH]1. The second kappa shape index (κ2) is 3.36. The smallest absolute Gasteiger partial charge is 0.325 e. The third-order valence-electron chi connectivity index (χ3n) is 1.36. The number of hydrogen-bond donors (Lipinski definition) is 3. The number of H-pyrrole nitrogens is 2. The lowest BCUT2D eigenvalue weighted by Gasteiger charge is -2.02. The molecule has 1 aromatic heterocycles. The molecule has 0 bridgehead atoms. The maximum Gasteiger partial charge on any atom is 0.325 e. The van der Waals surface area contributed by atoms with Crippen molar-refractivity contribution < 1.29 is 0 Å². The fourth-order valence-electron chi connectivity index (χ4n) is 0.976. The maximum absolute atomic E-state index is 10.8. The van der Waals surface area contributed by atoms with Crippen molar-refractivity contribution >= 4 is 0 Å². The summed E-state index contributed by atoms with van der Waals surface area (Å²) < 4.78 is 0. The highest BCUT2D eigenvalue weighted by atomic mass is 16.2. The minimum absolute atomic E-state index is 0.0672. The molecule has 0 aliphatic rings. The Balaban J connectivity index is 3.01. The third-order valence-corrected chi connectivity index (χ3v) is 1.36. The monoisotopic (exact) mass is 169 g/mol. The minimum atomic E-state index is -0.488. The summed E-state index contributed by atoms with van der Waals surface area (Å²) >= 11 is 0. The number of aromatic amines is 2. The van der Waals surface area contributed by atoms with Gasteiger partial charge in [-0.1, -0.05) is 0 Å². The number of hydrogen-bond acceptors (Lipinski definition) is 3. The summed E-state index contributed by atoms with van der Waals surface area (Å²) in [7, 11) is 0. The topological polar surface area (TPSA) is 91.7 Å². The molecule has 0 fully saturated rings. The normalized spacial score (nSPS) is 12.8. The van der Waals surface area contributed by atoms with Gasteiger partial charge in [-0.2, -0.15) is 0 Å². The van der Waals surface area contributed by atoms with Crippen LogP contribution in [0, 0.1) is 0 Å². The van der Waals surface area contributed by atoms with Crippen LogP contribution in [0.1, 0.15) is 12.6 Å². The molecule has 1 aromatic rings. The molecule has 5 heteroatoms. The molecule has 0 amide bonds. The fourth-order valence-corrected chi connectivity index (χ4v) is 0.976. The molecule has 1 rings (SSSR count). The largest absolute Gasteiger partial charge is 0.328 e. The highest BCUT2D eigenvalue weighted by Crippen LogP contribution is 1.90. The Morgan fingerprint density at radius 2 is 2.17 bits per heavy atom. The van der Waals surface area contributed by atoms with Gasteiger partial charge in [0.1, 0.15) is 0 Å². The van der Waals surface area contributed by atoms with Gasteiger partial charge in [0.2, 0.25) is 0 Å². The highest BCUT2D eigenvalue weighted by Gasteiger charge is 1.99. The van der Waals surface area contributed by atoms with E-state index in [1.807, 2.05) is 0 Å². The number of nitrogens with one attached hydrogen (secondary N) is 2. The van der Waals surface area contributed by atoms with Gasteiger partial charge in [-0.3, -0.25) is 9.78 Å². The average Bonchev–Trinajstić information content (AvgIpc) is 1.81. The second-order valence-corrected chi connectivity index (χ2v) is 2.79. The summed E-state index contributed by atoms with van der Waals surface area (Å²) in [6.45, 7) is 1.81. The molecule has 1 atom stereocenters. The molecule has 0 aromatic carbocycles. The third kappa shape index (κ3) is 2.35. The van der Waals surface area contributed by atoms with Crippen LogP contribution in [0.2, 0.25) is 0 Å². The molecular formula is C7H11N3O2. The standard InChI is InChI=1S/C7H11N3O2/c1-4(8)2-5-3-6(11)10-7(12)9-5/h3-4H,2,8H2,1H3,(H2,9,10,11,12). The van der Waals surface area contributed by atoms with Crippen LogP contribution in [0.25, 0.3) is 0 Å². The van der Waals surface area contributed by atoms with E-state index in [2.05, 4.69) is 9.97 Å². The van der Waals surface area contributed by atoms with Gasteiger partial charge in [0, 0.05) is 24.2 Å². The van der Waals surface area contributed by atoms with Crippen molar-refractivity contribution in [2.75, 3.05) is 0 Å². The van der Waals surface area contributed by atoms with Crippen LogP contribution < -0.4 is 17.0 Å². The predicted octanol–water partition coefficient (Wildman–Crippen LogP) is -1.05. The zero-order valence-corrected chi connectivity index (χ0v) is 6.76. The molecule has 66 valence electrons. The Bertz CT molecular complexity index is 335. The van der Waals surface area contributed by atoms with Crippen LogP contribution in [-0.2, 0) is 6.42 Å². The Kier molecular flexibility index (Phi) is 2.44. The lowest BCUT2D eigenvalue weighted by atomic mass is 10.2. The van der Waals surface area contributed by atoms with E-state index in [0.717, 1.165) is 0 Å². The molecule has 12 heavy (non-hydrogen) atoms.